The van der Waals surface area contributed by atoms with Gasteiger partial charge in [-0.2, -0.15) is 9.47 Å². The summed E-state index contributed by atoms with van der Waals surface area (Å²) in [7, 11) is 1.62. The molecule has 0 unspecified atom stereocenters. The van der Waals surface area contributed by atoms with Crippen molar-refractivity contribution >= 4 is 34.0 Å². The number of aromatic nitrogens is 4. The number of methoxy groups -OCH3 is 1. The van der Waals surface area contributed by atoms with Gasteiger partial charge in [-0.15, -0.1) is 0 Å². The third-order valence-electron chi connectivity index (χ3n) is 3.40. The standard InChI is InChI=1S/C12H15ClN6O2S/c1-21-7-9-15-12(22-17-9)19-4-2-18(3-5-19)8-6-14-16-11(20)10(8)13/h6H,2-5,7H2,1H3,(H,16,20). The Morgan fingerprint density at radius 1 is 1.36 bits per heavy atom. The highest BCUT2D eigenvalue weighted by Gasteiger charge is 2.22. The first-order chi connectivity index (χ1) is 10.7. The van der Waals surface area contributed by atoms with Gasteiger partial charge in [0.2, 0.25) is 5.13 Å². The van der Waals surface area contributed by atoms with E-state index in [0.29, 0.717) is 18.1 Å². The Morgan fingerprint density at radius 2 is 2.09 bits per heavy atom. The molecule has 1 N–H and O–H groups in total. The third kappa shape index (κ3) is 3.06. The molecule has 0 saturated carbocycles. The van der Waals surface area contributed by atoms with E-state index in [1.807, 2.05) is 0 Å². The van der Waals surface area contributed by atoms with Crippen LogP contribution in [0.3, 0.4) is 0 Å². The summed E-state index contributed by atoms with van der Waals surface area (Å²) in [5.74, 6) is 0.701. The average Bonchev–Trinajstić information content (AvgIpc) is 2.99. The largest absolute Gasteiger partial charge is 0.377 e. The summed E-state index contributed by atoms with van der Waals surface area (Å²) in [4.78, 5) is 20.2. The van der Waals surface area contributed by atoms with Crippen LogP contribution >= 0.6 is 23.1 Å². The minimum Gasteiger partial charge on any atom is -0.377 e. The molecule has 0 amide bonds. The van der Waals surface area contributed by atoms with Crippen molar-refractivity contribution in [2.45, 2.75) is 6.61 Å². The van der Waals surface area contributed by atoms with E-state index in [9.17, 15) is 4.79 Å². The van der Waals surface area contributed by atoms with Crippen LogP contribution in [-0.4, -0.2) is 52.8 Å². The Bertz CT molecular complexity index is 697. The smallest absolute Gasteiger partial charge is 0.285 e. The van der Waals surface area contributed by atoms with Crippen molar-refractivity contribution in [3.05, 3.63) is 27.4 Å². The van der Waals surface area contributed by atoms with Crippen molar-refractivity contribution in [1.29, 1.82) is 0 Å². The normalized spacial score (nSPS) is 15.4. The maximum absolute atomic E-state index is 11.5. The fourth-order valence-electron chi connectivity index (χ4n) is 2.29. The minimum atomic E-state index is -0.366. The highest BCUT2D eigenvalue weighted by Crippen LogP contribution is 2.24. The second kappa shape index (κ2) is 6.59. The van der Waals surface area contributed by atoms with Gasteiger partial charge in [-0.1, -0.05) is 11.6 Å². The van der Waals surface area contributed by atoms with Crippen LogP contribution in [0.4, 0.5) is 10.8 Å². The highest BCUT2D eigenvalue weighted by molar-refractivity contribution is 7.09. The molecule has 3 rings (SSSR count). The van der Waals surface area contributed by atoms with Crippen molar-refractivity contribution in [2.75, 3.05) is 43.1 Å². The van der Waals surface area contributed by atoms with E-state index >= 15 is 0 Å². The van der Waals surface area contributed by atoms with Crippen molar-refractivity contribution in [2.24, 2.45) is 0 Å². The van der Waals surface area contributed by atoms with E-state index in [1.54, 1.807) is 13.3 Å². The van der Waals surface area contributed by atoms with Crippen LogP contribution in [0.2, 0.25) is 5.02 Å². The molecule has 22 heavy (non-hydrogen) atoms. The zero-order chi connectivity index (χ0) is 15.5. The fourth-order valence-corrected chi connectivity index (χ4v) is 3.23. The number of ether oxygens (including phenoxy) is 1. The van der Waals surface area contributed by atoms with Crippen molar-refractivity contribution in [3.63, 3.8) is 0 Å². The summed E-state index contributed by atoms with van der Waals surface area (Å²) in [6.07, 6.45) is 1.58. The number of hydrogen-bond acceptors (Lipinski definition) is 8. The summed E-state index contributed by atoms with van der Waals surface area (Å²) in [6.45, 7) is 3.47. The van der Waals surface area contributed by atoms with E-state index in [-0.39, 0.29) is 10.6 Å². The zero-order valence-electron chi connectivity index (χ0n) is 12.0. The molecule has 0 atom stereocenters. The molecule has 0 bridgehead atoms. The molecule has 8 nitrogen and oxygen atoms in total. The Hall–Kier alpha value is -1.71. The highest BCUT2D eigenvalue weighted by atomic mass is 35.5. The van der Waals surface area contributed by atoms with Crippen molar-refractivity contribution < 1.29 is 4.74 Å². The first-order valence-corrected chi connectivity index (χ1v) is 7.89. The molecule has 118 valence electrons. The van der Waals surface area contributed by atoms with Gasteiger partial charge in [0.1, 0.15) is 11.6 Å². The molecule has 0 aromatic carbocycles. The number of aromatic amines is 1. The molecular weight excluding hydrogens is 328 g/mol. The van der Waals surface area contributed by atoms with Gasteiger partial charge in [-0.3, -0.25) is 4.79 Å². The third-order valence-corrected chi connectivity index (χ3v) is 4.58. The number of H-pyrrole nitrogens is 1. The van der Waals surface area contributed by atoms with Crippen LogP contribution in [0.5, 0.6) is 0 Å². The summed E-state index contributed by atoms with van der Waals surface area (Å²) < 4.78 is 9.29. The quantitative estimate of drug-likeness (QED) is 0.877. The van der Waals surface area contributed by atoms with Gasteiger partial charge in [0.15, 0.2) is 5.82 Å². The summed E-state index contributed by atoms with van der Waals surface area (Å²) in [6, 6.07) is 0. The van der Waals surface area contributed by atoms with E-state index in [1.165, 1.54) is 11.5 Å². The lowest BCUT2D eigenvalue weighted by molar-refractivity contribution is 0.179. The Labute approximate surface area is 135 Å². The van der Waals surface area contributed by atoms with Gasteiger partial charge in [-0.05, 0) is 0 Å². The number of piperazine rings is 1. The van der Waals surface area contributed by atoms with E-state index in [0.717, 1.165) is 31.3 Å². The van der Waals surface area contributed by atoms with Gasteiger partial charge < -0.3 is 14.5 Å². The zero-order valence-corrected chi connectivity index (χ0v) is 13.5. The van der Waals surface area contributed by atoms with E-state index in [4.69, 9.17) is 16.3 Å². The lowest BCUT2D eigenvalue weighted by Crippen LogP contribution is -2.47. The molecule has 1 saturated heterocycles. The van der Waals surface area contributed by atoms with Gasteiger partial charge in [0, 0.05) is 44.8 Å². The summed E-state index contributed by atoms with van der Waals surface area (Å²) in [5.41, 5.74) is 0.303. The predicted molar refractivity (Wildman–Crippen MR) is 84.9 cm³/mol. The van der Waals surface area contributed by atoms with Crippen LogP contribution < -0.4 is 15.4 Å². The molecule has 1 aliphatic heterocycles. The Kier molecular flexibility index (Phi) is 4.55. The van der Waals surface area contributed by atoms with Gasteiger partial charge in [0.25, 0.3) is 5.56 Å². The van der Waals surface area contributed by atoms with Gasteiger partial charge in [-0.25, -0.2) is 10.1 Å². The number of anilines is 2. The summed E-state index contributed by atoms with van der Waals surface area (Å²) >= 11 is 7.42. The SMILES string of the molecule is COCc1nsc(N2CCN(c3cn[nH]c(=O)c3Cl)CC2)n1. The summed E-state index contributed by atoms with van der Waals surface area (Å²) in [5, 5.41) is 7.21. The number of hydrogen-bond donors (Lipinski definition) is 1. The predicted octanol–water partition coefficient (Wildman–Crippen LogP) is 0.748. The van der Waals surface area contributed by atoms with Gasteiger partial charge >= 0.3 is 0 Å². The van der Waals surface area contributed by atoms with Crippen LogP contribution in [0, 0.1) is 0 Å². The van der Waals surface area contributed by atoms with Gasteiger partial charge in [0.05, 0.1) is 11.9 Å². The molecule has 10 heteroatoms. The van der Waals surface area contributed by atoms with Crippen LogP contribution in [0.25, 0.3) is 0 Å². The first kappa shape index (κ1) is 15.2. The fraction of sp³-hybridized carbons (Fsp3) is 0.500. The van der Waals surface area contributed by atoms with E-state index < -0.39 is 0 Å². The van der Waals surface area contributed by atoms with E-state index in [2.05, 4.69) is 29.4 Å². The van der Waals surface area contributed by atoms with Crippen LogP contribution in [0.1, 0.15) is 5.82 Å². The molecule has 2 aromatic rings. The first-order valence-electron chi connectivity index (χ1n) is 6.73. The molecule has 0 radical (unpaired) electrons. The van der Waals surface area contributed by atoms with Crippen LogP contribution in [-0.2, 0) is 11.3 Å². The maximum Gasteiger partial charge on any atom is 0.285 e. The number of halogens is 1. The monoisotopic (exact) mass is 342 g/mol. The molecule has 2 aromatic heterocycles. The van der Waals surface area contributed by atoms with Crippen molar-refractivity contribution in [3.8, 4) is 0 Å². The topological polar surface area (TPSA) is 87.2 Å². The lowest BCUT2D eigenvalue weighted by Gasteiger charge is -2.35. The number of nitrogens with one attached hydrogen (secondary N) is 1. The second-order valence-electron chi connectivity index (χ2n) is 4.80. The number of rotatable bonds is 4. The van der Waals surface area contributed by atoms with Crippen LogP contribution in [0.15, 0.2) is 11.0 Å². The second-order valence-corrected chi connectivity index (χ2v) is 5.91. The van der Waals surface area contributed by atoms with Crippen molar-refractivity contribution in [1.82, 2.24) is 19.6 Å². The molecule has 3 heterocycles. The molecule has 1 aliphatic rings. The number of nitrogens with zero attached hydrogens (tertiary/aromatic N) is 5. The Balaban J connectivity index is 1.67. The molecular formula is C12H15ClN6O2S. The molecule has 0 aliphatic carbocycles. The molecule has 1 fully saturated rings. The Morgan fingerprint density at radius 3 is 2.82 bits per heavy atom. The molecule has 0 spiro atoms. The lowest BCUT2D eigenvalue weighted by atomic mass is 10.3. The average molecular weight is 343 g/mol. The maximum atomic E-state index is 11.5. The minimum absolute atomic E-state index is 0.182.